The van der Waals surface area contributed by atoms with Crippen molar-refractivity contribution in [2.45, 2.75) is 32.1 Å². The van der Waals surface area contributed by atoms with Crippen molar-refractivity contribution in [3.05, 3.63) is 18.0 Å². The average Bonchev–Trinajstić information content (AvgIpc) is 2.86. The van der Waals surface area contributed by atoms with Gasteiger partial charge in [-0.15, -0.1) is 0 Å². The summed E-state index contributed by atoms with van der Waals surface area (Å²) in [4.78, 5) is 11.5. The van der Waals surface area contributed by atoms with Crippen LogP contribution in [0.3, 0.4) is 0 Å². The molecule has 0 aromatic carbocycles. The average molecular weight is 192 g/mol. The van der Waals surface area contributed by atoms with Gasteiger partial charge in [-0.2, -0.15) is 5.10 Å². The van der Waals surface area contributed by atoms with E-state index in [4.69, 9.17) is 0 Å². The quantitative estimate of drug-likeness (QED) is 0.712. The Morgan fingerprint density at radius 1 is 1.64 bits per heavy atom. The lowest BCUT2D eigenvalue weighted by molar-refractivity contribution is -0.119. The molecule has 0 saturated heterocycles. The SMILES string of the molecule is Cn1nccc1CCC(=O)CC1CC1. The van der Waals surface area contributed by atoms with Gasteiger partial charge in [0.25, 0.3) is 0 Å². The number of nitrogens with zero attached hydrogens (tertiary/aromatic N) is 2. The fourth-order valence-corrected chi connectivity index (χ4v) is 1.66. The summed E-state index contributed by atoms with van der Waals surface area (Å²) in [6.07, 6.45) is 6.62. The highest BCUT2D eigenvalue weighted by Gasteiger charge is 2.23. The van der Waals surface area contributed by atoms with E-state index < -0.39 is 0 Å². The van der Waals surface area contributed by atoms with Crippen molar-refractivity contribution < 1.29 is 4.79 Å². The molecule has 1 aromatic rings. The molecular formula is C11H16N2O. The standard InChI is InChI=1S/C11H16N2O/c1-13-10(6-7-12-13)4-5-11(14)8-9-2-3-9/h6-7,9H,2-5,8H2,1H3. The second-order valence-corrected chi connectivity index (χ2v) is 4.13. The molecular weight excluding hydrogens is 176 g/mol. The van der Waals surface area contributed by atoms with Crippen LogP contribution in [0.25, 0.3) is 0 Å². The van der Waals surface area contributed by atoms with Crippen LogP contribution in [0.4, 0.5) is 0 Å². The third-order valence-electron chi connectivity index (χ3n) is 2.80. The van der Waals surface area contributed by atoms with Crippen LogP contribution in [0.2, 0.25) is 0 Å². The van der Waals surface area contributed by atoms with Crippen molar-refractivity contribution in [3.8, 4) is 0 Å². The van der Waals surface area contributed by atoms with Crippen LogP contribution >= 0.6 is 0 Å². The third-order valence-corrected chi connectivity index (χ3v) is 2.80. The Balaban J connectivity index is 1.76. The van der Waals surface area contributed by atoms with Crippen molar-refractivity contribution in [2.24, 2.45) is 13.0 Å². The maximum Gasteiger partial charge on any atom is 0.133 e. The number of rotatable bonds is 5. The van der Waals surface area contributed by atoms with E-state index in [1.54, 1.807) is 6.20 Å². The highest BCUT2D eigenvalue weighted by Crippen LogP contribution is 2.32. The van der Waals surface area contributed by atoms with Gasteiger partial charge in [-0.1, -0.05) is 0 Å². The molecule has 1 heterocycles. The first-order chi connectivity index (χ1) is 6.75. The molecule has 0 radical (unpaired) electrons. The Kier molecular flexibility index (Phi) is 2.66. The van der Waals surface area contributed by atoms with E-state index in [0.717, 1.165) is 18.5 Å². The second-order valence-electron chi connectivity index (χ2n) is 4.13. The van der Waals surface area contributed by atoms with Crippen LogP contribution in [0.5, 0.6) is 0 Å². The molecule has 0 atom stereocenters. The van der Waals surface area contributed by atoms with Gasteiger partial charge < -0.3 is 0 Å². The third kappa shape index (κ3) is 2.44. The van der Waals surface area contributed by atoms with E-state index in [1.165, 1.54) is 12.8 Å². The predicted octanol–water partition coefficient (Wildman–Crippen LogP) is 1.72. The summed E-state index contributed by atoms with van der Waals surface area (Å²) in [5, 5.41) is 4.07. The zero-order chi connectivity index (χ0) is 9.97. The van der Waals surface area contributed by atoms with Gasteiger partial charge in [0.1, 0.15) is 5.78 Å². The van der Waals surface area contributed by atoms with Crippen LogP contribution in [0.15, 0.2) is 12.3 Å². The Labute approximate surface area is 84.1 Å². The topological polar surface area (TPSA) is 34.9 Å². The van der Waals surface area contributed by atoms with Crippen LogP contribution in [-0.2, 0) is 18.3 Å². The number of aryl methyl sites for hydroxylation is 2. The van der Waals surface area contributed by atoms with E-state index >= 15 is 0 Å². The molecule has 1 aliphatic carbocycles. The van der Waals surface area contributed by atoms with Gasteiger partial charge >= 0.3 is 0 Å². The van der Waals surface area contributed by atoms with Gasteiger partial charge in [0.15, 0.2) is 0 Å². The summed E-state index contributed by atoms with van der Waals surface area (Å²) in [5.74, 6) is 1.13. The number of carbonyl (C=O) groups is 1. The van der Waals surface area contributed by atoms with Gasteiger partial charge in [0.05, 0.1) is 0 Å². The number of hydrogen-bond donors (Lipinski definition) is 0. The summed E-state index contributed by atoms with van der Waals surface area (Å²) < 4.78 is 1.84. The molecule has 14 heavy (non-hydrogen) atoms. The van der Waals surface area contributed by atoms with Gasteiger partial charge in [-0.25, -0.2) is 0 Å². The Morgan fingerprint density at radius 3 is 3.00 bits per heavy atom. The predicted molar refractivity (Wildman–Crippen MR) is 53.9 cm³/mol. The van der Waals surface area contributed by atoms with Crippen LogP contribution in [0, 0.1) is 5.92 Å². The lowest BCUT2D eigenvalue weighted by atomic mass is 10.1. The summed E-state index contributed by atoms with van der Waals surface area (Å²) in [5.41, 5.74) is 1.15. The molecule has 1 saturated carbocycles. The summed E-state index contributed by atoms with van der Waals surface area (Å²) in [7, 11) is 1.92. The van der Waals surface area contributed by atoms with Crippen molar-refractivity contribution in [2.75, 3.05) is 0 Å². The molecule has 1 aliphatic rings. The van der Waals surface area contributed by atoms with Crippen molar-refractivity contribution in [1.29, 1.82) is 0 Å². The van der Waals surface area contributed by atoms with Crippen LogP contribution < -0.4 is 0 Å². The largest absolute Gasteiger partial charge is 0.300 e. The van der Waals surface area contributed by atoms with Crippen LogP contribution in [0.1, 0.15) is 31.4 Å². The normalized spacial score (nSPS) is 15.8. The van der Waals surface area contributed by atoms with Crippen molar-refractivity contribution in [3.63, 3.8) is 0 Å². The molecule has 2 rings (SSSR count). The number of aromatic nitrogens is 2. The molecule has 1 aromatic heterocycles. The fraction of sp³-hybridized carbons (Fsp3) is 0.636. The summed E-state index contributed by atoms with van der Waals surface area (Å²) in [6.45, 7) is 0. The first-order valence-corrected chi connectivity index (χ1v) is 5.24. The molecule has 0 spiro atoms. The summed E-state index contributed by atoms with van der Waals surface area (Å²) in [6, 6.07) is 1.98. The molecule has 0 unspecified atom stereocenters. The van der Waals surface area contributed by atoms with E-state index in [0.29, 0.717) is 18.1 Å². The first kappa shape index (κ1) is 9.44. The molecule has 0 aliphatic heterocycles. The lowest BCUT2D eigenvalue weighted by Crippen LogP contribution is -2.04. The Morgan fingerprint density at radius 2 is 2.43 bits per heavy atom. The van der Waals surface area contributed by atoms with E-state index in [1.807, 2.05) is 17.8 Å². The molecule has 3 nitrogen and oxygen atoms in total. The van der Waals surface area contributed by atoms with Crippen LogP contribution in [-0.4, -0.2) is 15.6 Å². The van der Waals surface area contributed by atoms with Gasteiger partial charge in [0.2, 0.25) is 0 Å². The van der Waals surface area contributed by atoms with Gasteiger partial charge in [-0.05, 0) is 31.2 Å². The monoisotopic (exact) mass is 192 g/mol. The van der Waals surface area contributed by atoms with E-state index in [2.05, 4.69) is 5.10 Å². The van der Waals surface area contributed by atoms with Gasteiger partial charge in [-0.3, -0.25) is 9.48 Å². The minimum absolute atomic E-state index is 0.411. The molecule has 76 valence electrons. The number of hydrogen-bond acceptors (Lipinski definition) is 2. The maximum absolute atomic E-state index is 11.5. The highest BCUT2D eigenvalue weighted by molar-refractivity contribution is 5.79. The number of Topliss-reactive ketones (excluding diaryl/α,β-unsaturated/α-hetero) is 1. The number of ketones is 1. The lowest BCUT2D eigenvalue weighted by Gasteiger charge is -2.00. The van der Waals surface area contributed by atoms with Gasteiger partial charge in [0, 0.05) is 31.8 Å². The maximum atomic E-state index is 11.5. The second kappa shape index (κ2) is 3.95. The number of carbonyl (C=O) groups excluding carboxylic acids is 1. The molecule has 3 heteroatoms. The first-order valence-electron chi connectivity index (χ1n) is 5.24. The van der Waals surface area contributed by atoms with E-state index in [-0.39, 0.29) is 0 Å². The Bertz CT molecular complexity index is 326. The molecule has 0 bridgehead atoms. The molecule has 0 N–H and O–H groups in total. The highest BCUT2D eigenvalue weighted by atomic mass is 16.1. The summed E-state index contributed by atoms with van der Waals surface area (Å²) >= 11 is 0. The minimum atomic E-state index is 0.411. The van der Waals surface area contributed by atoms with Crippen molar-refractivity contribution >= 4 is 5.78 Å². The fourth-order valence-electron chi connectivity index (χ4n) is 1.66. The molecule has 1 fully saturated rings. The molecule has 0 amide bonds. The smallest absolute Gasteiger partial charge is 0.133 e. The zero-order valence-corrected chi connectivity index (χ0v) is 8.57. The Hall–Kier alpha value is -1.12. The van der Waals surface area contributed by atoms with Crippen molar-refractivity contribution in [1.82, 2.24) is 9.78 Å². The minimum Gasteiger partial charge on any atom is -0.300 e. The zero-order valence-electron chi connectivity index (χ0n) is 8.57. The van der Waals surface area contributed by atoms with E-state index in [9.17, 15) is 4.79 Å².